The summed E-state index contributed by atoms with van der Waals surface area (Å²) < 4.78 is 5.79. The van der Waals surface area contributed by atoms with Crippen LogP contribution in [0.5, 0.6) is 0 Å². The summed E-state index contributed by atoms with van der Waals surface area (Å²) in [6.45, 7) is 11.2. The van der Waals surface area contributed by atoms with Gasteiger partial charge in [-0.05, 0) is 20.3 Å². The first-order chi connectivity index (χ1) is 9.62. The van der Waals surface area contributed by atoms with Gasteiger partial charge >= 0.3 is 0 Å². The minimum atomic E-state index is 0.242. The third kappa shape index (κ3) is 3.82. The second-order valence-electron chi connectivity index (χ2n) is 5.47. The zero-order chi connectivity index (χ0) is 14.5. The third-order valence-electron chi connectivity index (χ3n) is 3.37. The normalized spacial score (nSPS) is 22.9. The zero-order valence-electron chi connectivity index (χ0n) is 13.0. The Bertz CT molecular complexity index is 428. The van der Waals surface area contributed by atoms with Crippen LogP contribution in [0.1, 0.15) is 39.9 Å². The molecule has 0 aromatic carbocycles. The number of aromatic nitrogens is 2. The second-order valence-corrected chi connectivity index (χ2v) is 5.47. The molecule has 0 aliphatic carbocycles. The van der Waals surface area contributed by atoms with Crippen LogP contribution >= 0.6 is 0 Å². The van der Waals surface area contributed by atoms with E-state index in [1.165, 1.54) is 0 Å². The second kappa shape index (κ2) is 6.88. The van der Waals surface area contributed by atoms with Crippen LogP contribution in [0.25, 0.3) is 0 Å². The average molecular weight is 278 g/mol. The molecule has 1 N–H and O–H groups in total. The number of hydrogen-bond donors (Lipinski definition) is 1. The number of anilines is 2. The van der Waals surface area contributed by atoms with Gasteiger partial charge in [-0.2, -0.15) is 0 Å². The number of rotatable bonds is 5. The summed E-state index contributed by atoms with van der Waals surface area (Å²) in [7, 11) is 0. The van der Waals surface area contributed by atoms with Crippen LogP contribution < -0.4 is 10.2 Å². The van der Waals surface area contributed by atoms with E-state index in [0.717, 1.165) is 49.9 Å². The van der Waals surface area contributed by atoms with E-state index < -0.39 is 0 Å². The van der Waals surface area contributed by atoms with Gasteiger partial charge in [0.1, 0.15) is 17.5 Å². The molecule has 112 valence electrons. The molecule has 2 rings (SSSR count). The molecule has 0 radical (unpaired) electrons. The molecule has 0 amide bonds. The monoisotopic (exact) mass is 278 g/mol. The van der Waals surface area contributed by atoms with Gasteiger partial charge in [0, 0.05) is 32.1 Å². The molecule has 1 aliphatic rings. The Balaban J connectivity index is 2.20. The number of aryl methyl sites for hydroxylation is 1. The Morgan fingerprint density at radius 1 is 1.25 bits per heavy atom. The Morgan fingerprint density at radius 3 is 2.55 bits per heavy atom. The molecule has 0 unspecified atom stereocenters. The van der Waals surface area contributed by atoms with Crippen molar-refractivity contribution in [1.82, 2.24) is 9.97 Å². The Morgan fingerprint density at radius 2 is 1.95 bits per heavy atom. The Labute approximate surface area is 121 Å². The van der Waals surface area contributed by atoms with Crippen molar-refractivity contribution in [3.8, 4) is 0 Å². The van der Waals surface area contributed by atoms with E-state index in [1.807, 2.05) is 0 Å². The van der Waals surface area contributed by atoms with Crippen LogP contribution in [0.15, 0.2) is 6.07 Å². The first-order valence-corrected chi connectivity index (χ1v) is 7.64. The molecular weight excluding hydrogens is 252 g/mol. The van der Waals surface area contributed by atoms with Gasteiger partial charge in [-0.3, -0.25) is 0 Å². The molecule has 20 heavy (non-hydrogen) atoms. The molecule has 1 aromatic rings. The summed E-state index contributed by atoms with van der Waals surface area (Å²) in [6.07, 6.45) is 2.42. The molecule has 1 aliphatic heterocycles. The van der Waals surface area contributed by atoms with E-state index in [2.05, 4.69) is 53.9 Å². The first-order valence-electron chi connectivity index (χ1n) is 7.64. The summed E-state index contributed by atoms with van der Waals surface area (Å²) >= 11 is 0. The number of nitrogens with zero attached hydrogens (tertiary/aromatic N) is 3. The molecule has 1 fully saturated rings. The quantitative estimate of drug-likeness (QED) is 0.896. The van der Waals surface area contributed by atoms with Crippen molar-refractivity contribution in [3.63, 3.8) is 0 Å². The SMILES string of the molecule is CCCNc1cc(N2C[C@@H](C)O[C@@H](C)C2)nc(CC)n1. The van der Waals surface area contributed by atoms with Crippen LogP contribution in [0.3, 0.4) is 0 Å². The summed E-state index contributed by atoms with van der Waals surface area (Å²) in [5.74, 6) is 2.84. The lowest BCUT2D eigenvalue weighted by Gasteiger charge is -2.36. The van der Waals surface area contributed by atoms with Crippen molar-refractivity contribution in [2.24, 2.45) is 0 Å². The number of nitrogens with one attached hydrogen (secondary N) is 1. The molecule has 2 heterocycles. The highest BCUT2D eigenvalue weighted by Gasteiger charge is 2.23. The molecule has 0 saturated carbocycles. The van der Waals surface area contributed by atoms with E-state index >= 15 is 0 Å². The number of ether oxygens (including phenoxy) is 1. The summed E-state index contributed by atoms with van der Waals surface area (Å²) in [5, 5.41) is 3.36. The summed E-state index contributed by atoms with van der Waals surface area (Å²) in [6, 6.07) is 2.06. The highest BCUT2D eigenvalue weighted by molar-refractivity contribution is 5.50. The predicted molar refractivity (Wildman–Crippen MR) is 82.4 cm³/mol. The summed E-state index contributed by atoms with van der Waals surface area (Å²) in [5.41, 5.74) is 0. The molecule has 0 spiro atoms. The minimum absolute atomic E-state index is 0.242. The van der Waals surface area contributed by atoms with Gasteiger partial charge < -0.3 is 15.0 Å². The lowest BCUT2D eigenvalue weighted by atomic mass is 10.2. The van der Waals surface area contributed by atoms with E-state index in [4.69, 9.17) is 4.74 Å². The lowest BCUT2D eigenvalue weighted by Crippen LogP contribution is -2.46. The van der Waals surface area contributed by atoms with Gasteiger partial charge in [0.25, 0.3) is 0 Å². The fourth-order valence-corrected chi connectivity index (χ4v) is 2.51. The van der Waals surface area contributed by atoms with Gasteiger partial charge in [-0.15, -0.1) is 0 Å². The third-order valence-corrected chi connectivity index (χ3v) is 3.37. The van der Waals surface area contributed by atoms with Crippen molar-refractivity contribution < 1.29 is 4.74 Å². The Kier molecular flexibility index (Phi) is 5.17. The molecule has 1 aromatic heterocycles. The average Bonchev–Trinajstić information content (AvgIpc) is 2.43. The van der Waals surface area contributed by atoms with Gasteiger partial charge in [-0.25, -0.2) is 9.97 Å². The van der Waals surface area contributed by atoms with Crippen LogP contribution in [0.2, 0.25) is 0 Å². The zero-order valence-corrected chi connectivity index (χ0v) is 13.0. The van der Waals surface area contributed by atoms with E-state index in [-0.39, 0.29) is 12.2 Å². The highest BCUT2D eigenvalue weighted by Crippen LogP contribution is 2.21. The van der Waals surface area contributed by atoms with Gasteiger partial charge in [0.2, 0.25) is 0 Å². The Hall–Kier alpha value is -1.36. The summed E-state index contributed by atoms with van der Waals surface area (Å²) in [4.78, 5) is 11.5. The number of morpholine rings is 1. The van der Waals surface area contributed by atoms with Crippen LogP contribution in [0.4, 0.5) is 11.6 Å². The van der Waals surface area contributed by atoms with Crippen molar-refractivity contribution in [1.29, 1.82) is 0 Å². The fourth-order valence-electron chi connectivity index (χ4n) is 2.51. The van der Waals surface area contributed by atoms with Crippen LogP contribution in [-0.4, -0.2) is 41.8 Å². The molecule has 0 bridgehead atoms. The van der Waals surface area contributed by atoms with Crippen molar-refractivity contribution in [3.05, 3.63) is 11.9 Å². The van der Waals surface area contributed by atoms with Crippen molar-refractivity contribution in [2.45, 2.75) is 52.7 Å². The van der Waals surface area contributed by atoms with Crippen molar-refractivity contribution >= 4 is 11.6 Å². The molecule has 5 nitrogen and oxygen atoms in total. The number of hydrogen-bond acceptors (Lipinski definition) is 5. The largest absolute Gasteiger partial charge is 0.372 e. The van der Waals surface area contributed by atoms with Gasteiger partial charge in [-0.1, -0.05) is 13.8 Å². The van der Waals surface area contributed by atoms with Gasteiger partial charge in [0.05, 0.1) is 12.2 Å². The fraction of sp³-hybridized carbons (Fsp3) is 0.733. The van der Waals surface area contributed by atoms with Gasteiger partial charge in [0.15, 0.2) is 0 Å². The van der Waals surface area contributed by atoms with Crippen molar-refractivity contribution in [2.75, 3.05) is 29.9 Å². The lowest BCUT2D eigenvalue weighted by molar-refractivity contribution is -0.00547. The molecule has 5 heteroatoms. The first kappa shape index (κ1) is 15.0. The predicted octanol–water partition coefficient (Wildman–Crippen LogP) is 2.47. The maximum Gasteiger partial charge on any atom is 0.134 e. The maximum atomic E-state index is 5.79. The minimum Gasteiger partial charge on any atom is -0.372 e. The topological polar surface area (TPSA) is 50.3 Å². The standard InChI is InChI=1S/C15H26N4O/c1-5-7-16-14-8-15(18-13(6-2)17-14)19-9-11(3)20-12(4)10-19/h8,11-12H,5-7,9-10H2,1-4H3,(H,16,17,18)/t11-,12+. The molecule has 2 atom stereocenters. The van der Waals surface area contributed by atoms with Crippen LogP contribution in [-0.2, 0) is 11.2 Å². The van der Waals surface area contributed by atoms with Crippen LogP contribution in [0, 0.1) is 0 Å². The van der Waals surface area contributed by atoms with E-state index in [1.54, 1.807) is 0 Å². The van der Waals surface area contributed by atoms with E-state index in [0.29, 0.717) is 0 Å². The molecule has 1 saturated heterocycles. The van der Waals surface area contributed by atoms with E-state index in [9.17, 15) is 0 Å². The smallest absolute Gasteiger partial charge is 0.134 e. The maximum absolute atomic E-state index is 5.79. The highest BCUT2D eigenvalue weighted by atomic mass is 16.5. The molecular formula is C15H26N4O.